The van der Waals surface area contributed by atoms with Gasteiger partial charge in [-0.3, -0.25) is 9.59 Å². The van der Waals surface area contributed by atoms with Gasteiger partial charge < -0.3 is 20.8 Å². The van der Waals surface area contributed by atoms with E-state index >= 15 is 0 Å². The molecule has 24 heavy (non-hydrogen) atoms. The second kappa shape index (κ2) is 9.39. The van der Waals surface area contributed by atoms with Crippen LogP contribution in [0, 0.1) is 12.8 Å². The Bertz CT molecular complexity index is 540. The van der Waals surface area contributed by atoms with Gasteiger partial charge in [-0.25, -0.2) is 0 Å². The van der Waals surface area contributed by atoms with Crippen LogP contribution in [0.25, 0.3) is 0 Å². The lowest BCUT2D eigenvalue weighted by Crippen LogP contribution is -2.44. The van der Waals surface area contributed by atoms with Gasteiger partial charge in [-0.15, -0.1) is 0 Å². The number of benzene rings is 1. The van der Waals surface area contributed by atoms with Crippen LogP contribution >= 0.6 is 0 Å². The van der Waals surface area contributed by atoms with Gasteiger partial charge in [-0.05, 0) is 31.7 Å². The molecule has 0 aromatic heterocycles. The molecule has 1 saturated carbocycles. The van der Waals surface area contributed by atoms with E-state index in [1.807, 2.05) is 26.1 Å². The van der Waals surface area contributed by atoms with Crippen molar-refractivity contribution in [1.29, 1.82) is 0 Å². The number of aliphatic carboxylic acids is 1. The Morgan fingerprint density at radius 2 is 1.79 bits per heavy atom. The molecule has 0 spiro atoms. The van der Waals surface area contributed by atoms with Crippen molar-refractivity contribution in [2.24, 2.45) is 11.7 Å². The number of carboxylic acid groups (broad SMARTS) is 1. The third-order valence-electron chi connectivity index (χ3n) is 4.13. The van der Waals surface area contributed by atoms with Crippen molar-refractivity contribution in [1.82, 2.24) is 4.90 Å². The fourth-order valence-corrected chi connectivity index (χ4v) is 2.75. The molecule has 1 aromatic rings. The molecule has 1 aliphatic rings. The second-order valence-electron chi connectivity index (χ2n) is 6.44. The van der Waals surface area contributed by atoms with Crippen LogP contribution in [-0.2, 0) is 16.1 Å². The summed E-state index contributed by atoms with van der Waals surface area (Å²) >= 11 is 0. The van der Waals surface area contributed by atoms with Gasteiger partial charge in [0.25, 0.3) is 5.97 Å². The SMILES string of the molecule is CC(=O)O.Cc1ccc(CN(C)C(=O)[C@H]2CC[C@@H](N)[C@H](O)C2)cc1. The summed E-state index contributed by atoms with van der Waals surface area (Å²) in [6, 6.07) is 8.02. The van der Waals surface area contributed by atoms with Gasteiger partial charge in [0, 0.05) is 32.5 Å². The summed E-state index contributed by atoms with van der Waals surface area (Å²) in [5.41, 5.74) is 8.12. The number of aryl methyl sites for hydroxylation is 1. The van der Waals surface area contributed by atoms with Crippen LogP contribution in [0.1, 0.15) is 37.3 Å². The molecule has 1 aromatic carbocycles. The van der Waals surface area contributed by atoms with E-state index in [1.54, 1.807) is 4.90 Å². The number of hydrogen-bond acceptors (Lipinski definition) is 4. The van der Waals surface area contributed by atoms with Crippen LogP contribution in [0.4, 0.5) is 0 Å². The summed E-state index contributed by atoms with van der Waals surface area (Å²) in [6.45, 7) is 3.74. The Hall–Kier alpha value is -1.92. The lowest BCUT2D eigenvalue weighted by molar-refractivity contribution is -0.137. The Morgan fingerprint density at radius 3 is 2.29 bits per heavy atom. The van der Waals surface area contributed by atoms with Crippen molar-refractivity contribution in [3.63, 3.8) is 0 Å². The molecule has 0 unspecified atom stereocenters. The molecule has 6 heteroatoms. The van der Waals surface area contributed by atoms with Crippen molar-refractivity contribution in [2.45, 2.75) is 51.8 Å². The first kappa shape index (κ1) is 20.1. The molecule has 1 aliphatic carbocycles. The van der Waals surface area contributed by atoms with Crippen LogP contribution in [0.15, 0.2) is 24.3 Å². The first-order valence-corrected chi connectivity index (χ1v) is 8.14. The highest BCUT2D eigenvalue weighted by atomic mass is 16.4. The van der Waals surface area contributed by atoms with E-state index in [2.05, 4.69) is 12.1 Å². The molecule has 0 heterocycles. The second-order valence-corrected chi connectivity index (χ2v) is 6.44. The van der Waals surface area contributed by atoms with Gasteiger partial charge in [0.1, 0.15) is 0 Å². The zero-order valence-corrected chi connectivity index (χ0v) is 14.6. The maximum atomic E-state index is 12.4. The van der Waals surface area contributed by atoms with Gasteiger partial charge in [0.05, 0.1) is 6.10 Å². The van der Waals surface area contributed by atoms with Crippen molar-refractivity contribution in [3.8, 4) is 0 Å². The number of nitrogens with zero attached hydrogens (tertiary/aromatic N) is 1. The van der Waals surface area contributed by atoms with Crippen LogP contribution in [0.2, 0.25) is 0 Å². The van der Waals surface area contributed by atoms with Crippen molar-refractivity contribution >= 4 is 11.9 Å². The molecule has 1 amide bonds. The molecule has 3 atom stereocenters. The van der Waals surface area contributed by atoms with E-state index in [1.165, 1.54) is 5.56 Å². The van der Waals surface area contributed by atoms with Gasteiger partial charge >= 0.3 is 0 Å². The number of aliphatic hydroxyl groups excluding tert-OH is 1. The van der Waals surface area contributed by atoms with Crippen LogP contribution in [0.3, 0.4) is 0 Å². The van der Waals surface area contributed by atoms with E-state index in [4.69, 9.17) is 15.6 Å². The van der Waals surface area contributed by atoms with Gasteiger partial charge in [-0.2, -0.15) is 0 Å². The predicted octanol–water partition coefficient (Wildman–Crippen LogP) is 1.53. The average Bonchev–Trinajstić information content (AvgIpc) is 2.51. The summed E-state index contributed by atoms with van der Waals surface area (Å²) in [5, 5.41) is 17.2. The summed E-state index contributed by atoms with van der Waals surface area (Å²) < 4.78 is 0. The molecule has 0 bridgehead atoms. The third-order valence-corrected chi connectivity index (χ3v) is 4.13. The van der Waals surface area contributed by atoms with E-state index in [9.17, 15) is 9.90 Å². The minimum atomic E-state index is -0.833. The Morgan fingerprint density at radius 1 is 1.25 bits per heavy atom. The molecule has 134 valence electrons. The highest BCUT2D eigenvalue weighted by molar-refractivity contribution is 5.78. The Labute approximate surface area is 143 Å². The topological polar surface area (TPSA) is 104 Å². The maximum Gasteiger partial charge on any atom is 0.300 e. The van der Waals surface area contributed by atoms with Gasteiger partial charge in [0.2, 0.25) is 5.91 Å². The number of rotatable bonds is 3. The summed E-state index contributed by atoms with van der Waals surface area (Å²) in [4.78, 5) is 23.1. The lowest BCUT2D eigenvalue weighted by atomic mass is 9.83. The number of carbonyl (C=O) groups excluding carboxylic acids is 1. The number of carboxylic acids is 1. The minimum absolute atomic E-state index is 0.0970. The van der Waals surface area contributed by atoms with E-state index in [0.717, 1.165) is 25.3 Å². The van der Waals surface area contributed by atoms with Crippen LogP contribution in [0.5, 0.6) is 0 Å². The fraction of sp³-hybridized carbons (Fsp3) is 0.556. The Balaban J connectivity index is 0.000000648. The molecule has 0 radical (unpaired) electrons. The van der Waals surface area contributed by atoms with Gasteiger partial charge in [0.15, 0.2) is 0 Å². The van der Waals surface area contributed by atoms with Crippen molar-refractivity contribution in [2.75, 3.05) is 7.05 Å². The molecule has 2 rings (SSSR count). The maximum absolute atomic E-state index is 12.4. The number of nitrogens with two attached hydrogens (primary N) is 1. The minimum Gasteiger partial charge on any atom is -0.481 e. The van der Waals surface area contributed by atoms with Gasteiger partial charge in [-0.1, -0.05) is 29.8 Å². The highest BCUT2D eigenvalue weighted by Crippen LogP contribution is 2.25. The number of amides is 1. The van der Waals surface area contributed by atoms with Crippen molar-refractivity contribution in [3.05, 3.63) is 35.4 Å². The van der Waals surface area contributed by atoms with E-state index in [0.29, 0.717) is 13.0 Å². The lowest BCUT2D eigenvalue weighted by Gasteiger charge is -2.32. The zero-order valence-electron chi connectivity index (χ0n) is 14.6. The summed E-state index contributed by atoms with van der Waals surface area (Å²) in [6.07, 6.45) is 1.43. The average molecular weight is 336 g/mol. The Kier molecular flexibility index (Phi) is 7.88. The standard InChI is InChI=1S/C16H24N2O2.C2H4O2/c1-11-3-5-12(6-4-11)10-18(2)16(20)13-7-8-14(17)15(19)9-13;1-2(3)4/h3-6,13-15,19H,7-10,17H2,1-2H3;1H3,(H,3,4)/t13-,14+,15+;/m0./s1. The number of carbonyl (C=O) groups is 2. The summed E-state index contributed by atoms with van der Waals surface area (Å²) in [7, 11) is 1.82. The molecule has 0 saturated heterocycles. The zero-order chi connectivity index (χ0) is 18.3. The van der Waals surface area contributed by atoms with Crippen LogP contribution < -0.4 is 5.73 Å². The van der Waals surface area contributed by atoms with Crippen LogP contribution in [-0.4, -0.2) is 46.2 Å². The smallest absolute Gasteiger partial charge is 0.300 e. The largest absolute Gasteiger partial charge is 0.481 e. The molecular formula is C18H28N2O4. The third kappa shape index (κ3) is 6.68. The molecule has 0 aliphatic heterocycles. The predicted molar refractivity (Wildman–Crippen MR) is 92.3 cm³/mol. The highest BCUT2D eigenvalue weighted by Gasteiger charge is 2.32. The molecule has 1 fully saturated rings. The quantitative estimate of drug-likeness (QED) is 0.776. The monoisotopic (exact) mass is 336 g/mol. The number of aliphatic hydroxyl groups is 1. The molecular weight excluding hydrogens is 308 g/mol. The first-order valence-electron chi connectivity index (χ1n) is 8.14. The molecule has 6 nitrogen and oxygen atoms in total. The molecule has 4 N–H and O–H groups in total. The van der Waals surface area contributed by atoms with E-state index in [-0.39, 0.29) is 17.9 Å². The first-order chi connectivity index (χ1) is 11.2. The normalized spacial score (nSPS) is 23.0. The number of hydrogen-bond donors (Lipinski definition) is 3. The summed E-state index contributed by atoms with van der Waals surface area (Å²) in [5.74, 6) is -0.822. The van der Waals surface area contributed by atoms with E-state index < -0.39 is 12.1 Å². The van der Waals surface area contributed by atoms with Crippen molar-refractivity contribution < 1.29 is 19.8 Å². The fourth-order valence-electron chi connectivity index (χ4n) is 2.75.